The monoisotopic (exact) mass is 292 g/mol. The molecule has 1 heterocycles. The number of nitrogens with zero attached hydrogens (tertiary/aromatic N) is 1. The summed E-state index contributed by atoms with van der Waals surface area (Å²) in [5, 5.41) is 10.8. The van der Waals surface area contributed by atoms with E-state index in [4.69, 9.17) is 10.2 Å². The summed E-state index contributed by atoms with van der Waals surface area (Å²) in [5.74, 6) is 1.57. The molecule has 6 heteroatoms. The van der Waals surface area contributed by atoms with Gasteiger partial charge in [0.2, 0.25) is 0 Å². The summed E-state index contributed by atoms with van der Waals surface area (Å²) in [6.45, 7) is 1.89. The zero-order valence-electron chi connectivity index (χ0n) is 11.1. The average Bonchev–Trinajstić information content (AvgIpc) is 2.89. The van der Waals surface area contributed by atoms with Crippen molar-refractivity contribution in [1.29, 1.82) is 0 Å². The molecule has 2 rings (SSSR count). The lowest BCUT2D eigenvalue weighted by Gasteiger charge is -2.10. The Morgan fingerprint density at radius 2 is 2.25 bits per heavy atom. The van der Waals surface area contributed by atoms with Crippen LogP contribution in [0.2, 0.25) is 0 Å². The van der Waals surface area contributed by atoms with Crippen molar-refractivity contribution in [2.24, 2.45) is 5.73 Å². The van der Waals surface area contributed by atoms with E-state index < -0.39 is 0 Å². The third-order valence-corrected chi connectivity index (χ3v) is 3.88. The Kier molecular flexibility index (Phi) is 4.81. The molecule has 1 atom stereocenters. The van der Waals surface area contributed by atoms with Gasteiger partial charge in [0.25, 0.3) is 5.69 Å². The van der Waals surface area contributed by atoms with Crippen molar-refractivity contribution in [2.75, 3.05) is 0 Å². The fourth-order valence-electron chi connectivity index (χ4n) is 1.87. The Morgan fingerprint density at radius 3 is 2.85 bits per heavy atom. The number of hydrogen-bond acceptors (Lipinski definition) is 5. The maximum Gasteiger partial charge on any atom is 0.269 e. The zero-order valence-corrected chi connectivity index (χ0v) is 11.9. The van der Waals surface area contributed by atoms with Gasteiger partial charge in [-0.15, -0.1) is 11.8 Å². The van der Waals surface area contributed by atoms with Crippen molar-refractivity contribution >= 4 is 17.4 Å². The van der Waals surface area contributed by atoms with Crippen molar-refractivity contribution in [2.45, 2.75) is 30.0 Å². The second kappa shape index (κ2) is 6.58. The van der Waals surface area contributed by atoms with Crippen molar-refractivity contribution in [3.05, 3.63) is 58.0 Å². The predicted molar refractivity (Wildman–Crippen MR) is 78.7 cm³/mol. The average molecular weight is 292 g/mol. The molecule has 2 N–H and O–H groups in total. The number of nitro benzene ring substituents is 1. The lowest BCUT2D eigenvalue weighted by Crippen LogP contribution is -2.18. The molecule has 1 aromatic heterocycles. The molecule has 0 saturated carbocycles. The van der Waals surface area contributed by atoms with Gasteiger partial charge in [-0.2, -0.15) is 0 Å². The summed E-state index contributed by atoms with van der Waals surface area (Å²) in [7, 11) is 0. The largest absolute Gasteiger partial charge is 0.468 e. The van der Waals surface area contributed by atoms with Crippen LogP contribution in [-0.2, 0) is 12.2 Å². The van der Waals surface area contributed by atoms with Gasteiger partial charge in [-0.1, -0.05) is 0 Å². The first kappa shape index (κ1) is 14.6. The summed E-state index contributed by atoms with van der Waals surface area (Å²) in [6.07, 6.45) is 2.25. The van der Waals surface area contributed by atoms with E-state index in [2.05, 4.69) is 0 Å². The van der Waals surface area contributed by atoms with E-state index in [1.54, 1.807) is 30.2 Å². The van der Waals surface area contributed by atoms with Gasteiger partial charge in [-0.25, -0.2) is 0 Å². The number of thioether (sulfide) groups is 1. The molecule has 0 amide bonds. The lowest BCUT2D eigenvalue weighted by atomic mass is 10.1. The van der Waals surface area contributed by atoms with Crippen molar-refractivity contribution < 1.29 is 9.34 Å². The molecular formula is C14H16N2O3S. The number of nitro groups is 1. The first-order valence-corrected chi connectivity index (χ1v) is 7.23. The molecule has 0 saturated heterocycles. The van der Waals surface area contributed by atoms with Gasteiger partial charge >= 0.3 is 0 Å². The number of hydrogen-bond donors (Lipinski definition) is 1. The highest BCUT2D eigenvalue weighted by atomic mass is 32.2. The van der Waals surface area contributed by atoms with Gasteiger partial charge < -0.3 is 10.2 Å². The molecule has 0 aliphatic rings. The Hall–Kier alpha value is -1.79. The highest BCUT2D eigenvalue weighted by Gasteiger charge is 2.13. The second-order valence-electron chi connectivity index (χ2n) is 4.60. The summed E-state index contributed by atoms with van der Waals surface area (Å²) in [5.41, 5.74) is 6.82. The van der Waals surface area contributed by atoms with E-state index >= 15 is 0 Å². The van der Waals surface area contributed by atoms with Crippen LogP contribution in [0.4, 0.5) is 5.69 Å². The van der Waals surface area contributed by atoms with Crippen molar-refractivity contribution in [3.8, 4) is 0 Å². The smallest absolute Gasteiger partial charge is 0.269 e. The Labute approximate surface area is 121 Å². The van der Waals surface area contributed by atoms with Crippen LogP contribution in [0.15, 0.2) is 45.9 Å². The van der Waals surface area contributed by atoms with Crippen LogP contribution in [0.1, 0.15) is 18.2 Å². The maximum absolute atomic E-state index is 10.8. The Balaban J connectivity index is 2.19. The predicted octanol–water partition coefficient (Wildman–Crippen LogP) is 3.37. The van der Waals surface area contributed by atoms with Crippen molar-refractivity contribution in [3.63, 3.8) is 0 Å². The number of nitrogens with two attached hydrogens (primary N) is 1. The van der Waals surface area contributed by atoms with Gasteiger partial charge in [-0.05, 0) is 37.1 Å². The third kappa shape index (κ3) is 3.85. The molecule has 1 aromatic carbocycles. The fraction of sp³-hybridized carbons (Fsp3) is 0.286. The van der Waals surface area contributed by atoms with Gasteiger partial charge in [0.1, 0.15) is 5.76 Å². The van der Waals surface area contributed by atoms with E-state index in [0.717, 1.165) is 16.2 Å². The minimum atomic E-state index is -0.383. The molecule has 5 nitrogen and oxygen atoms in total. The SMILES string of the molecule is CC(N)Cc1cc([N+](=O)[O-])ccc1SCc1ccco1. The highest BCUT2D eigenvalue weighted by molar-refractivity contribution is 7.98. The topological polar surface area (TPSA) is 82.3 Å². The van der Waals surface area contributed by atoms with Gasteiger partial charge in [0, 0.05) is 23.1 Å². The van der Waals surface area contributed by atoms with Crippen LogP contribution < -0.4 is 5.73 Å². The minimum absolute atomic E-state index is 0.0417. The number of non-ortho nitro benzene ring substituents is 1. The van der Waals surface area contributed by atoms with Gasteiger partial charge in [-0.3, -0.25) is 10.1 Å². The van der Waals surface area contributed by atoms with E-state index in [0.29, 0.717) is 12.2 Å². The van der Waals surface area contributed by atoms with Crippen molar-refractivity contribution in [1.82, 2.24) is 0 Å². The molecule has 1 unspecified atom stereocenters. The van der Waals surface area contributed by atoms with Gasteiger partial charge in [0.05, 0.1) is 16.9 Å². The van der Waals surface area contributed by atoms with Crippen LogP contribution in [0, 0.1) is 10.1 Å². The molecule has 2 aromatic rings. The third-order valence-electron chi connectivity index (χ3n) is 2.75. The minimum Gasteiger partial charge on any atom is -0.468 e. The van der Waals surface area contributed by atoms with E-state index in [-0.39, 0.29) is 16.7 Å². The summed E-state index contributed by atoms with van der Waals surface area (Å²) < 4.78 is 5.28. The van der Waals surface area contributed by atoms with Crippen LogP contribution in [0.5, 0.6) is 0 Å². The summed E-state index contributed by atoms with van der Waals surface area (Å²) in [6, 6.07) is 8.62. The normalized spacial score (nSPS) is 12.3. The molecule has 0 radical (unpaired) electrons. The van der Waals surface area contributed by atoms with Crippen LogP contribution >= 0.6 is 11.8 Å². The van der Waals surface area contributed by atoms with Gasteiger partial charge in [0.15, 0.2) is 0 Å². The fourth-order valence-corrected chi connectivity index (χ4v) is 2.82. The zero-order chi connectivity index (χ0) is 14.5. The molecule has 0 bridgehead atoms. The quantitative estimate of drug-likeness (QED) is 0.501. The highest BCUT2D eigenvalue weighted by Crippen LogP contribution is 2.30. The standard InChI is InChI=1S/C14H16N2O3S/c1-10(15)7-11-8-12(16(17)18)4-5-14(11)20-9-13-3-2-6-19-13/h2-6,8,10H,7,9,15H2,1H3. The first-order chi connectivity index (χ1) is 9.56. The lowest BCUT2D eigenvalue weighted by molar-refractivity contribution is -0.385. The number of rotatable bonds is 6. The summed E-state index contributed by atoms with van der Waals surface area (Å²) in [4.78, 5) is 11.5. The molecule has 0 spiro atoms. The summed E-state index contributed by atoms with van der Waals surface area (Å²) >= 11 is 1.60. The maximum atomic E-state index is 10.8. The number of furan rings is 1. The molecule has 0 aliphatic heterocycles. The number of benzene rings is 1. The second-order valence-corrected chi connectivity index (χ2v) is 5.62. The molecule has 106 valence electrons. The van der Waals surface area contributed by atoms with Crippen LogP contribution in [0.3, 0.4) is 0 Å². The molecule has 0 fully saturated rings. The first-order valence-electron chi connectivity index (χ1n) is 6.24. The van der Waals surface area contributed by atoms with E-state index in [1.165, 1.54) is 6.07 Å². The Bertz CT molecular complexity index is 582. The molecule has 0 aliphatic carbocycles. The van der Waals surface area contributed by atoms with Crippen LogP contribution in [-0.4, -0.2) is 11.0 Å². The Morgan fingerprint density at radius 1 is 1.45 bits per heavy atom. The van der Waals surface area contributed by atoms with E-state index in [9.17, 15) is 10.1 Å². The van der Waals surface area contributed by atoms with Crippen LogP contribution in [0.25, 0.3) is 0 Å². The van der Waals surface area contributed by atoms with E-state index in [1.807, 2.05) is 19.1 Å². The molecule has 20 heavy (non-hydrogen) atoms. The molecular weight excluding hydrogens is 276 g/mol.